The van der Waals surface area contributed by atoms with Crippen LogP contribution in [0, 0.1) is 0 Å². The Labute approximate surface area is 156 Å². The Morgan fingerprint density at radius 1 is 1.15 bits per heavy atom. The van der Waals surface area contributed by atoms with Crippen LogP contribution < -0.4 is 16.0 Å². The maximum atomic E-state index is 13.0. The molecule has 0 radical (unpaired) electrons. The lowest BCUT2D eigenvalue weighted by atomic mass is 10.1. The molecule has 0 bridgehead atoms. The van der Waals surface area contributed by atoms with Gasteiger partial charge in [-0.2, -0.15) is 0 Å². The van der Waals surface area contributed by atoms with Crippen molar-refractivity contribution in [3.63, 3.8) is 0 Å². The smallest absolute Gasteiger partial charge is 0.352 e. The monoisotopic (exact) mass is 373 g/mol. The molecule has 27 heavy (non-hydrogen) atoms. The first-order chi connectivity index (χ1) is 13.0. The van der Waals surface area contributed by atoms with Crippen LogP contribution in [0.1, 0.15) is 42.2 Å². The number of benzene rings is 1. The van der Waals surface area contributed by atoms with Gasteiger partial charge in [0.25, 0.3) is 5.56 Å². The van der Waals surface area contributed by atoms with E-state index in [9.17, 15) is 19.5 Å². The Morgan fingerprint density at radius 2 is 1.81 bits per heavy atom. The lowest BCUT2D eigenvalue weighted by Crippen LogP contribution is -2.41. The molecule has 0 atom stereocenters. The van der Waals surface area contributed by atoms with E-state index in [1.54, 1.807) is 24.3 Å². The van der Waals surface area contributed by atoms with Crippen LogP contribution in [0.15, 0.2) is 33.9 Å². The highest BCUT2D eigenvalue weighted by Gasteiger charge is 2.22. The highest BCUT2D eigenvalue weighted by atomic mass is 16.5. The van der Waals surface area contributed by atoms with Gasteiger partial charge in [-0.15, -0.1) is 0 Å². The molecular weight excluding hydrogens is 350 g/mol. The number of ether oxygens (including phenoxy) is 1. The third-order valence-electron chi connectivity index (χ3n) is 4.65. The molecule has 2 aromatic rings. The number of H-pyrrole nitrogens is 1. The van der Waals surface area contributed by atoms with Crippen LogP contribution in [-0.4, -0.2) is 45.2 Å². The molecule has 2 heterocycles. The summed E-state index contributed by atoms with van der Waals surface area (Å²) in [5.41, 5.74) is -1.26. The number of carboxylic acid groups (broad SMARTS) is 1. The minimum Gasteiger partial charge on any atom is -0.494 e. The molecule has 8 heteroatoms. The van der Waals surface area contributed by atoms with Crippen molar-refractivity contribution in [2.24, 2.45) is 0 Å². The van der Waals surface area contributed by atoms with Gasteiger partial charge in [-0.05, 0) is 57.1 Å². The fourth-order valence-electron chi connectivity index (χ4n) is 3.34. The van der Waals surface area contributed by atoms with Gasteiger partial charge in [0, 0.05) is 6.54 Å². The minimum absolute atomic E-state index is 0.0953. The predicted octanol–water partition coefficient (Wildman–Crippen LogP) is 1.61. The SMILES string of the molecule is CCOc1ccc(-n2c(=O)[nH]c(C(=O)O)c(CN3CCCCC3)c2=O)cc1. The fraction of sp³-hybridized carbons (Fsp3) is 0.421. The molecule has 1 saturated heterocycles. The van der Waals surface area contributed by atoms with Gasteiger partial charge in [0.15, 0.2) is 0 Å². The van der Waals surface area contributed by atoms with Crippen LogP contribution in [-0.2, 0) is 6.54 Å². The predicted molar refractivity (Wildman–Crippen MR) is 99.9 cm³/mol. The molecule has 0 amide bonds. The number of hydrogen-bond donors (Lipinski definition) is 2. The van der Waals surface area contributed by atoms with E-state index in [0.29, 0.717) is 18.0 Å². The Hall–Kier alpha value is -2.87. The van der Waals surface area contributed by atoms with E-state index in [4.69, 9.17) is 4.74 Å². The van der Waals surface area contributed by atoms with E-state index in [0.717, 1.165) is 36.9 Å². The molecule has 0 saturated carbocycles. The van der Waals surface area contributed by atoms with Gasteiger partial charge in [-0.25, -0.2) is 14.2 Å². The van der Waals surface area contributed by atoms with Gasteiger partial charge >= 0.3 is 11.7 Å². The summed E-state index contributed by atoms with van der Waals surface area (Å²) < 4.78 is 6.35. The number of piperidine rings is 1. The van der Waals surface area contributed by atoms with Crippen LogP contribution in [0.3, 0.4) is 0 Å². The van der Waals surface area contributed by atoms with Gasteiger partial charge in [-0.3, -0.25) is 9.69 Å². The number of carboxylic acids is 1. The molecule has 0 spiro atoms. The van der Waals surface area contributed by atoms with Crippen LogP contribution in [0.25, 0.3) is 5.69 Å². The van der Waals surface area contributed by atoms with E-state index >= 15 is 0 Å². The molecule has 3 rings (SSSR count). The molecule has 1 aromatic heterocycles. The molecule has 1 aromatic carbocycles. The second-order valence-corrected chi connectivity index (χ2v) is 6.49. The lowest BCUT2D eigenvalue weighted by molar-refractivity contribution is 0.0686. The van der Waals surface area contributed by atoms with Crippen molar-refractivity contribution >= 4 is 5.97 Å². The second kappa shape index (κ2) is 8.22. The summed E-state index contributed by atoms with van der Waals surface area (Å²) in [6.45, 7) is 4.18. The summed E-state index contributed by atoms with van der Waals surface area (Å²) in [5.74, 6) is -0.684. The second-order valence-electron chi connectivity index (χ2n) is 6.49. The first kappa shape index (κ1) is 18.9. The maximum Gasteiger partial charge on any atom is 0.352 e. The van der Waals surface area contributed by atoms with Crippen LogP contribution in [0.5, 0.6) is 5.75 Å². The molecule has 144 valence electrons. The number of nitrogens with zero attached hydrogens (tertiary/aromatic N) is 2. The lowest BCUT2D eigenvalue weighted by Gasteiger charge is -2.26. The average molecular weight is 373 g/mol. The van der Waals surface area contributed by atoms with Crippen LogP contribution in [0.2, 0.25) is 0 Å². The Kier molecular flexibility index (Phi) is 5.75. The van der Waals surface area contributed by atoms with Gasteiger partial charge in [0.05, 0.1) is 17.9 Å². The van der Waals surface area contributed by atoms with Gasteiger partial charge < -0.3 is 14.8 Å². The summed E-state index contributed by atoms with van der Waals surface area (Å²) >= 11 is 0. The molecule has 1 aliphatic rings. The molecule has 0 unspecified atom stereocenters. The first-order valence-electron chi connectivity index (χ1n) is 9.08. The topological polar surface area (TPSA) is 105 Å². The van der Waals surface area contributed by atoms with Gasteiger partial charge in [0.1, 0.15) is 11.4 Å². The summed E-state index contributed by atoms with van der Waals surface area (Å²) in [7, 11) is 0. The minimum atomic E-state index is -1.31. The fourth-order valence-corrected chi connectivity index (χ4v) is 3.34. The third-order valence-corrected chi connectivity index (χ3v) is 4.65. The number of likely N-dealkylation sites (tertiary alicyclic amines) is 1. The highest BCUT2D eigenvalue weighted by molar-refractivity contribution is 5.86. The van der Waals surface area contributed by atoms with Gasteiger partial charge in [-0.1, -0.05) is 6.42 Å². The Balaban J connectivity index is 2.06. The standard InChI is InChI=1S/C19H23N3O5/c1-2-27-14-8-6-13(7-9-14)22-17(23)15(12-21-10-4-3-5-11-21)16(18(24)25)20-19(22)26/h6-9H,2-5,10-12H2,1H3,(H,20,26)(H,24,25). The Bertz CT molecular complexity index is 924. The van der Waals surface area contributed by atoms with E-state index in [1.807, 2.05) is 11.8 Å². The van der Waals surface area contributed by atoms with Crippen molar-refractivity contribution in [1.82, 2.24) is 14.5 Å². The molecule has 0 aliphatic carbocycles. The van der Waals surface area contributed by atoms with Crippen LogP contribution in [0.4, 0.5) is 0 Å². The van der Waals surface area contributed by atoms with Crippen molar-refractivity contribution < 1.29 is 14.6 Å². The van der Waals surface area contributed by atoms with Crippen LogP contribution >= 0.6 is 0 Å². The van der Waals surface area contributed by atoms with Crippen molar-refractivity contribution in [3.05, 3.63) is 56.4 Å². The number of carbonyl (C=O) groups is 1. The molecule has 1 aliphatic heterocycles. The zero-order chi connectivity index (χ0) is 19.4. The number of aromatic nitrogens is 2. The molecule has 8 nitrogen and oxygen atoms in total. The number of rotatable bonds is 6. The maximum absolute atomic E-state index is 13.0. The van der Waals surface area contributed by atoms with E-state index < -0.39 is 17.2 Å². The summed E-state index contributed by atoms with van der Waals surface area (Å²) in [5, 5.41) is 9.45. The van der Waals surface area contributed by atoms with Gasteiger partial charge in [0.2, 0.25) is 0 Å². The van der Waals surface area contributed by atoms with Crippen molar-refractivity contribution in [1.29, 1.82) is 0 Å². The number of aromatic amines is 1. The molecular formula is C19H23N3O5. The van der Waals surface area contributed by atoms with E-state index in [-0.39, 0.29) is 17.8 Å². The number of hydrogen-bond acceptors (Lipinski definition) is 5. The third kappa shape index (κ3) is 4.11. The number of aromatic carboxylic acids is 1. The van der Waals surface area contributed by atoms with E-state index in [1.165, 1.54) is 0 Å². The normalized spacial score (nSPS) is 14.9. The van der Waals surface area contributed by atoms with Crippen molar-refractivity contribution in [3.8, 4) is 11.4 Å². The quantitative estimate of drug-likeness (QED) is 0.797. The summed E-state index contributed by atoms with van der Waals surface area (Å²) in [6, 6.07) is 6.54. The van der Waals surface area contributed by atoms with E-state index in [2.05, 4.69) is 4.98 Å². The summed E-state index contributed by atoms with van der Waals surface area (Å²) in [6.07, 6.45) is 3.15. The largest absolute Gasteiger partial charge is 0.494 e. The molecule has 1 fully saturated rings. The first-order valence-corrected chi connectivity index (χ1v) is 9.08. The number of nitrogens with one attached hydrogen (secondary N) is 1. The highest BCUT2D eigenvalue weighted by Crippen LogP contribution is 2.15. The zero-order valence-corrected chi connectivity index (χ0v) is 15.2. The average Bonchev–Trinajstić information content (AvgIpc) is 2.66. The summed E-state index contributed by atoms with van der Waals surface area (Å²) in [4.78, 5) is 41.4. The van der Waals surface area contributed by atoms with Crippen molar-refractivity contribution in [2.45, 2.75) is 32.7 Å². The van der Waals surface area contributed by atoms with Crippen molar-refractivity contribution in [2.75, 3.05) is 19.7 Å². The zero-order valence-electron chi connectivity index (χ0n) is 15.2. The molecule has 2 N–H and O–H groups in total. The Morgan fingerprint density at radius 3 is 2.41 bits per heavy atom.